The van der Waals surface area contributed by atoms with Crippen molar-refractivity contribution in [2.24, 2.45) is 0 Å². The van der Waals surface area contributed by atoms with Crippen molar-refractivity contribution in [3.8, 4) is 5.75 Å². The average Bonchev–Trinajstić information content (AvgIpc) is 2.45. The largest absolute Gasteiger partial charge is 0.482 e. The molecule has 2 aromatic rings. The highest BCUT2D eigenvalue weighted by Crippen LogP contribution is 2.31. The first-order valence-electron chi connectivity index (χ1n) is 6.12. The number of anilines is 1. The number of aryl methyl sites for hydroxylation is 1. The van der Waals surface area contributed by atoms with Crippen LogP contribution in [0.15, 0.2) is 36.5 Å². The summed E-state index contributed by atoms with van der Waals surface area (Å²) in [5, 5.41) is 14.0. The Kier molecular flexibility index (Phi) is 4.14. The van der Waals surface area contributed by atoms with E-state index in [1.54, 1.807) is 44.4 Å². The number of para-hydroxylation sites is 1. The quantitative estimate of drug-likeness (QED) is 0.669. The summed E-state index contributed by atoms with van der Waals surface area (Å²) in [5.74, 6) is 0.962. The average molecular weight is 273 g/mol. The Hall–Kier alpha value is -2.63. The number of hydrogen-bond acceptors (Lipinski definition) is 5. The molecule has 20 heavy (non-hydrogen) atoms. The van der Waals surface area contributed by atoms with Crippen molar-refractivity contribution in [3.05, 3.63) is 57.8 Å². The highest BCUT2D eigenvalue weighted by Gasteiger charge is 2.18. The van der Waals surface area contributed by atoms with E-state index < -0.39 is 4.92 Å². The summed E-state index contributed by atoms with van der Waals surface area (Å²) >= 11 is 0. The first kappa shape index (κ1) is 13.8. The van der Waals surface area contributed by atoms with Gasteiger partial charge >= 0.3 is 5.69 Å². The number of rotatable bonds is 5. The van der Waals surface area contributed by atoms with Gasteiger partial charge in [0, 0.05) is 24.4 Å². The molecule has 0 aliphatic carbocycles. The van der Waals surface area contributed by atoms with Crippen LogP contribution in [-0.4, -0.2) is 17.0 Å². The molecule has 0 fully saturated rings. The van der Waals surface area contributed by atoms with Crippen LogP contribution in [0.2, 0.25) is 0 Å². The summed E-state index contributed by atoms with van der Waals surface area (Å²) in [6, 6.07) is 8.68. The second-order valence-electron chi connectivity index (χ2n) is 4.23. The van der Waals surface area contributed by atoms with Gasteiger partial charge in [0.1, 0.15) is 12.4 Å². The van der Waals surface area contributed by atoms with Gasteiger partial charge in [0.2, 0.25) is 0 Å². The van der Waals surface area contributed by atoms with E-state index in [0.29, 0.717) is 11.4 Å². The fraction of sp³-hybridized carbons (Fsp3) is 0.214. The van der Waals surface area contributed by atoms with Gasteiger partial charge in [-0.3, -0.25) is 10.1 Å². The topological polar surface area (TPSA) is 77.3 Å². The van der Waals surface area contributed by atoms with Crippen molar-refractivity contribution in [1.29, 1.82) is 0 Å². The van der Waals surface area contributed by atoms with E-state index in [-0.39, 0.29) is 18.0 Å². The zero-order valence-corrected chi connectivity index (χ0v) is 11.3. The Morgan fingerprint density at radius 1 is 1.35 bits per heavy atom. The van der Waals surface area contributed by atoms with E-state index in [4.69, 9.17) is 4.74 Å². The normalized spacial score (nSPS) is 10.1. The molecule has 104 valence electrons. The zero-order valence-electron chi connectivity index (χ0n) is 11.3. The second-order valence-corrected chi connectivity index (χ2v) is 4.23. The molecule has 6 heteroatoms. The van der Waals surface area contributed by atoms with Crippen LogP contribution in [-0.2, 0) is 6.61 Å². The number of hydrogen-bond donors (Lipinski definition) is 1. The summed E-state index contributed by atoms with van der Waals surface area (Å²) in [4.78, 5) is 14.8. The minimum atomic E-state index is -0.424. The molecule has 0 saturated heterocycles. The van der Waals surface area contributed by atoms with Crippen LogP contribution < -0.4 is 10.1 Å². The molecular formula is C14H15N3O3. The van der Waals surface area contributed by atoms with Gasteiger partial charge < -0.3 is 10.1 Å². The van der Waals surface area contributed by atoms with E-state index in [2.05, 4.69) is 10.3 Å². The SMILES string of the molecule is CNc1ncccc1COc1cccc(C)c1[N+](=O)[O-]. The highest BCUT2D eigenvalue weighted by atomic mass is 16.6. The van der Waals surface area contributed by atoms with Crippen molar-refractivity contribution in [2.75, 3.05) is 12.4 Å². The molecule has 0 aliphatic heterocycles. The smallest absolute Gasteiger partial charge is 0.313 e. The van der Waals surface area contributed by atoms with E-state index in [1.807, 2.05) is 6.07 Å². The summed E-state index contributed by atoms with van der Waals surface area (Å²) in [6.07, 6.45) is 1.67. The van der Waals surface area contributed by atoms with Gasteiger partial charge in [-0.25, -0.2) is 4.98 Å². The molecule has 0 aliphatic rings. The fourth-order valence-corrected chi connectivity index (χ4v) is 1.92. The molecule has 2 rings (SSSR count). The van der Waals surface area contributed by atoms with Crippen LogP contribution in [0, 0.1) is 17.0 Å². The maximum absolute atomic E-state index is 11.1. The van der Waals surface area contributed by atoms with Crippen LogP contribution >= 0.6 is 0 Å². The molecule has 0 spiro atoms. The molecule has 0 saturated carbocycles. The number of pyridine rings is 1. The van der Waals surface area contributed by atoms with Gasteiger partial charge in [0.15, 0.2) is 5.75 Å². The minimum absolute atomic E-state index is 0.00222. The summed E-state index contributed by atoms with van der Waals surface area (Å²) in [6.45, 7) is 1.91. The molecule has 0 radical (unpaired) electrons. The minimum Gasteiger partial charge on any atom is -0.482 e. The lowest BCUT2D eigenvalue weighted by atomic mass is 10.2. The molecular weight excluding hydrogens is 258 g/mol. The van der Waals surface area contributed by atoms with E-state index in [0.717, 1.165) is 5.56 Å². The van der Waals surface area contributed by atoms with Crippen molar-refractivity contribution in [2.45, 2.75) is 13.5 Å². The lowest BCUT2D eigenvalue weighted by molar-refractivity contribution is -0.386. The number of aromatic nitrogens is 1. The lowest BCUT2D eigenvalue weighted by Gasteiger charge is -2.10. The number of nitrogens with zero attached hydrogens (tertiary/aromatic N) is 2. The van der Waals surface area contributed by atoms with Gasteiger partial charge in [0.25, 0.3) is 0 Å². The van der Waals surface area contributed by atoms with E-state index in [1.165, 1.54) is 0 Å². The first-order chi connectivity index (χ1) is 9.63. The lowest BCUT2D eigenvalue weighted by Crippen LogP contribution is -2.04. The predicted octanol–water partition coefficient (Wildman–Crippen LogP) is 2.92. The summed E-state index contributed by atoms with van der Waals surface area (Å²) in [7, 11) is 1.76. The van der Waals surface area contributed by atoms with Gasteiger partial charge in [-0.05, 0) is 19.1 Å². The third kappa shape index (κ3) is 2.85. The van der Waals surface area contributed by atoms with Crippen LogP contribution in [0.4, 0.5) is 11.5 Å². The molecule has 0 unspecified atom stereocenters. The third-order valence-electron chi connectivity index (χ3n) is 2.89. The third-order valence-corrected chi connectivity index (χ3v) is 2.89. The molecule has 0 amide bonds. The first-order valence-corrected chi connectivity index (χ1v) is 6.12. The van der Waals surface area contributed by atoms with Crippen LogP contribution in [0.3, 0.4) is 0 Å². The molecule has 1 aromatic carbocycles. The Morgan fingerprint density at radius 3 is 2.85 bits per heavy atom. The zero-order chi connectivity index (χ0) is 14.5. The van der Waals surface area contributed by atoms with E-state index in [9.17, 15) is 10.1 Å². The maximum Gasteiger partial charge on any atom is 0.313 e. The fourth-order valence-electron chi connectivity index (χ4n) is 1.92. The molecule has 6 nitrogen and oxygen atoms in total. The Morgan fingerprint density at radius 2 is 2.15 bits per heavy atom. The second kappa shape index (κ2) is 6.01. The molecule has 1 N–H and O–H groups in total. The van der Waals surface area contributed by atoms with Crippen LogP contribution in [0.1, 0.15) is 11.1 Å². The number of ether oxygens (including phenoxy) is 1. The van der Waals surface area contributed by atoms with E-state index >= 15 is 0 Å². The number of benzene rings is 1. The maximum atomic E-state index is 11.1. The van der Waals surface area contributed by atoms with Gasteiger partial charge in [-0.15, -0.1) is 0 Å². The summed E-state index contributed by atoms with van der Waals surface area (Å²) in [5.41, 5.74) is 1.42. The van der Waals surface area contributed by atoms with Crippen molar-refractivity contribution < 1.29 is 9.66 Å². The van der Waals surface area contributed by atoms with Crippen molar-refractivity contribution in [3.63, 3.8) is 0 Å². The predicted molar refractivity (Wildman–Crippen MR) is 75.9 cm³/mol. The number of nitro benzene ring substituents is 1. The summed E-state index contributed by atoms with van der Waals surface area (Å²) < 4.78 is 5.59. The molecule has 1 heterocycles. The highest BCUT2D eigenvalue weighted by molar-refractivity contribution is 5.52. The van der Waals surface area contributed by atoms with Gasteiger partial charge in [-0.1, -0.05) is 18.2 Å². The number of nitro groups is 1. The molecule has 0 bridgehead atoms. The Balaban J connectivity index is 2.23. The molecule has 1 aromatic heterocycles. The Labute approximate surface area is 116 Å². The van der Waals surface area contributed by atoms with Gasteiger partial charge in [0.05, 0.1) is 4.92 Å². The van der Waals surface area contributed by atoms with Crippen LogP contribution in [0.5, 0.6) is 5.75 Å². The van der Waals surface area contributed by atoms with Crippen molar-refractivity contribution >= 4 is 11.5 Å². The van der Waals surface area contributed by atoms with Crippen molar-refractivity contribution in [1.82, 2.24) is 4.98 Å². The Bertz CT molecular complexity index is 629. The van der Waals surface area contributed by atoms with Gasteiger partial charge in [-0.2, -0.15) is 0 Å². The molecule has 0 atom stereocenters. The standard InChI is InChI=1S/C14H15N3O3/c1-10-5-3-7-12(13(10)17(18)19)20-9-11-6-4-8-16-14(11)15-2/h3-8H,9H2,1-2H3,(H,15,16). The number of nitrogens with one attached hydrogen (secondary N) is 1. The van der Waals surface area contributed by atoms with Crippen LogP contribution in [0.25, 0.3) is 0 Å². The monoisotopic (exact) mass is 273 g/mol.